The second kappa shape index (κ2) is 13.8. The van der Waals surface area contributed by atoms with Gasteiger partial charge in [-0.05, 0) is 60.7 Å². The largest absolute Gasteiger partial charge is 0.357 e. The maximum Gasteiger partial charge on any atom is 0.242 e. The van der Waals surface area contributed by atoms with E-state index in [0.717, 1.165) is 26.7 Å². The summed E-state index contributed by atoms with van der Waals surface area (Å²) >= 11 is 3.49. The standard InChI is InChI=1S/C30H36BrN3O4S/c1-22-11-8-16-27(23(22)2)34(39(4,37)38)18-10-17-29(35)33(21-25-14-9-15-26(31)19-25)28(30(36)32-3)20-24-12-6-5-7-13-24/h5-9,11-16,19,28H,10,17-18,20-21H2,1-4H3,(H,32,36)/t28-/m0/s1. The lowest BCUT2D eigenvalue weighted by Crippen LogP contribution is -2.49. The fraction of sp³-hybridized carbons (Fsp3) is 0.333. The summed E-state index contributed by atoms with van der Waals surface area (Å²) in [5, 5.41) is 2.72. The van der Waals surface area contributed by atoms with E-state index in [9.17, 15) is 18.0 Å². The number of aryl methyl sites for hydroxylation is 1. The molecule has 1 N–H and O–H groups in total. The minimum atomic E-state index is -3.56. The number of rotatable bonds is 12. The second-order valence-corrected chi connectivity index (χ2v) is 12.5. The Kier molecular flexibility index (Phi) is 10.7. The number of carbonyl (C=O) groups excluding carboxylic acids is 2. The fourth-order valence-electron chi connectivity index (χ4n) is 4.54. The first-order chi connectivity index (χ1) is 18.5. The summed E-state index contributed by atoms with van der Waals surface area (Å²) < 4.78 is 27.6. The summed E-state index contributed by atoms with van der Waals surface area (Å²) in [6, 6.07) is 22.1. The number of sulfonamides is 1. The third kappa shape index (κ3) is 8.41. The van der Waals surface area contributed by atoms with Crippen LogP contribution < -0.4 is 9.62 Å². The molecule has 9 heteroatoms. The molecule has 0 saturated heterocycles. The summed E-state index contributed by atoms with van der Waals surface area (Å²) in [7, 11) is -2.00. The highest BCUT2D eigenvalue weighted by molar-refractivity contribution is 9.10. The lowest BCUT2D eigenvalue weighted by molar-refractivity contribution is -0.141. The lowest BCUT2D eigenvalue weighted by atomic mass is 10.0. The van der Waals surface area contributed by atoms with Crippen molar-refractivity contribution in [1.29, 1.82) is 0 Å². The maximum absolute atomic E-state index is 13.7. The summed E-state index contributed by atoms with van der Waals surface area (Å²) in [5.74, 6) is -0.468. The van der Waals surface area contributed by atoms with Crippen molar-refractivity contribution < 1.29 is 18.0 Å². The lowest BCUT2D eigenvalue weighted by Gasteiger charge is -2.32. The third-order valence-corrected chi connectivity index (χ3v) is 8.43. The smallest absolute Gasteiger partial charge is 0.242 e. The molecule has 0 unspecified atom stereocenters. The molecule has 208 valence electrons. The van der Waals surface area contributed by atoms with E-state index in [1.807, 2.05) is 80.6 Å². The van der Waals surface area contributed by atoms with Crippen LogP contribution in [0.1, 0.15) is 35.1 Å². The second-order valence-electron chi connectivity index (χ2n) is 9.63. The van der Waals surface area contributed by atoms with Gasteiger partial charge in [0.05, 0.1) is 11.9 Å². The van der Waals surface area contributed by atoms with E-state index >= 15 is 0 Å². The molecule has 7 nitrogen and oxygen atoms in total. The van der Waals surface area contributed by atoms with Gasteiger partial charge in [-0.2, -0.15) is 0 Å². The molecule has 0 aliphatic heterocycles. The van der Waals surface area contributed by atoms with Crippen LogP contribution >= 0.6 is 15.9 Å². The van der Waals surface area contributed by atoms with Gasteiger partial charge in [0.25, 0.3) is 0 Å². The van der Waals surface area contributed by atoms with Crippen molar-refractivity contribution in [3.63, 3.8) is 0 Å². The summed E-state index contributed by atoms with van der Waals surface area (Å²) in [4.78, 5) is 28.4. The molecule has 1 atom stereocenters. The van der Waals surface area contributed by atoms with Gasteiger partial charge in [-0.3, -0.25) is 13.9 Å². The predicted molar refractivity (Wildman–Crippen MR) is 160 cm³/mol. The van der Waals surface area contributed by atoms with Gasteiger partial charge in [0.15, 0.2) is 0 Å². The number of hydrogen-bond acceptors (Lipinski definition) is 4. The van der Waals surface area contributed by atoms with Gasteiger partial charge in [0.2, 0.25) is 21.8 Å². The van der Waals surface area contributed by atoms with E-state index in [2.05, 4.69) is 21.2 Å². The van der Waals surface area contributed by atoms with Crippen LogP contribution in [-0.2, 0) is 32.6 Å². The molecule has 0 radical (unpaired) electrons. The van der Waals surface area contributed by atoms with E-state index in [-0.39, 0.29) is 31.3 Å². The Balaban J connectivity index is 1.86. The van der Waals surface area contributed by atoms with Crippen molar-refractivity contribution in [2.24, 2.45) is 0 Å². The van der Waals surface area contributed by atoms with Crippen molar-refractivity contribution >= 4 is 43.5 Å². The molecule has 0 bridgehead atoms. The number of halogens is 1. The Morgan fingerprint density at radius 1 is 0.949 bits per heavy atom. The number of carbonyl (C=O) groups is 2. The quantitative estimate of drug-likeness (QED) is 0.311. The number of benzene rings is 3. The summed E-state index contributed by atoms with van der Waals surface area (Å²) in [6.45, 7) is 4.23. The Morgan fingerprint density at radius 3 is 2.26 bits per heavy atom. The average Bonchev–Trinajstić information content (AvgIpc) is 2.90. The maximum atomic E-state index is 13.7. The van der Waals surface area contributed by atoms with Crippen LogP contribution in [0.3, 0.4) is 0 Å². The minimum Gasteiger partial charge on any atom is -0.357 e. The molecule has 0 saturated carbocycles. The van der Waals surface area contributed by atoms with Gasteiger partial charge in [0.1, 0.15) is 6.04 Å². The minimum absolute atomic E-state index is 0.0904. The molecule has 0 fully saturated rings. The van der Waals surface area contributed by atoms with Crippen LogP contribution in [-0.4, -0.2) is 51.0 Å². The number of nitrogens with zero attached hydrogens (tertiary/aromatic N) is 2. The molecular formula is C30H36BrN3O4S. The topological polar surface area (TPSA) is 86.8 Å². The zero-order chi connectivity index (χ0) is 28.6. The summed E-state index contributed by atoms with van der Waals surface area (Å²) in [6.07, 6.45) is 1.93. The van der Waals surface area contributed by atoms with Crippen molar-refractivity contribution in [2.75, 3.05) is 24.2 Å². The van der Waals surface area contributed by atoms with Crippen molar-refractivity contribution in [3.05, 3.63) is 99.5 Å². The Labute approximate surface area is 240 Å². The van der Waals surface area contributed by atoms with E-state index in [4.69, 9.17) is 0 Å². The van der Waals surface area contributed by atoms with Crippen LogP contribution in [0.2, 0.25) is 0 Å². The Bertz CT molecular complexity index is 1400. The molecule has 3 aromatic carbocycles. The van der Waals surface area contributed by atoms with Crippen molar-refractivity contribution in [1.82, 2.24) is 10.2 Å². The molecule has 0 aliphatic rings. The van der Waals surface area contributed by atoms with Crippen LogP contribution in [0.4, 0.5) is 5.69 Å². The molecule has 0 spiro atoms. The summed E-state index contributed by atoms with van der Waals surface area (Å²) in [5.41, 5.74) is 4.31. The van der Waals surface area contributed by atoms with Crippen molar-refractivity contribution in [3.8, 4) is 0 Å². The Hall–Kier alpha value is -3.17. The highest BCUT2D eigenvalue weighted by atomic mass is 79.9. The first-order valence-corrected chi connectivity index (χ1v) is 15.5. The van der Waals surface area contributed by atoms with Gasteiger partial charge in [-0.15, -0.1) is 0 Å². The molecule has 2 amide bonds. The molecule has 0 aliphatic carbocycles. The van der Waals surface area contributed by atoms with Gasteiger partial charge < -0.3 is 10.2 Å². The van der Waals surface area contributed by atoms with Gasteiger partial charge in [0, 0.05) is 37.5 Å². The van der Waals surface area contributed by atoms with Crippen LogP contribution in [0.5, 0.6) is 0 Å². The van der Waals surface area contributed by atoms with Crippen LogP contribution in [0.15, 0.2) is 77.3 Å². The van der Waals surface area contributed by atoms with Crippen LogP contribution in [0.25, 0.3) is 0 Å². The van der Waals surface area contributed by atoms with Gasteiger partial charge >= 0.3 is 0 Å². The van der Waals surface area contributed by atoms with Crippen molar-refractivity contribution in [2.45, 2.75) is 45.7 Å². The fourth-order valence-corrected chi connectivity index (χ4v) is 6.00. The van der Waals surface area contributed by atoms with Gasteiger partial charge in [-0.1, -0.05) is 70.5 Å². The van der Waals surface area contributed by atoms with Crippen LogP contribution in [0, 0.1) is 13.8 Å². The zero-order valence-electron chi connectivity index (χ0n) is 22.9. The number of anilines is 1. The molecule has 39 heavy (non-hydrogen) atoms. The molecular weight excluding hydrogens is 578 g/mol. The molecule has 3 rings (SSSR count). The number of hydrogen-bond donors (Lipinski definition) is 1. The SMILES string of the molecule is CNC(=O)[C@H](Cc1ccccc1)N(Cc1cccc(Br)c1)C(=O)CCCN(c1cccc(C)c1C)S(C)(=O)=O. The van der Waals surface area contributed by atoms with E-state index in [0.29, 0.717) is 18.5 Å². The highest BCUT2D eigenvalue weighted by Gasteiger charge is 2.30. The Morgan fingerprint density at radius 2 is 1.62 bits per heavy atom. The monoisotopic (exact) mass is 613 g/mol. The first kappa shape index (κ1) is 30.4. The van der Waals surface area contributed by atoms with Gasteiger partial charge in [-0.25, -0.2) is 8.42 Å². The molecule has 3 aromatic rings. The van der Waals surface area contributed by atoms with E-state index in [1.54, 1.807) is 18.0 Å². The average molecular weight is 615 g/mol. The third-order valence-electron chi connectivity index (χ3n) is 6.76. The van der Waals surface area contributed by atoms with E-state index in [1.165, 1.54) is 10.6 Å². The normalized spacial score (nSPS) is 12.0. The zero-order valence-corrected chi connectivity index (χ0v) is 25.3. The highest BCUT2D eigenvalue weighted by Crippen LogP contribution is 2.26. The number of amides is 2. The first-order valence-electron chi connectivity index (χ1n) is 12.8. The number of nitrogens with one attached hydrogen (secondary N) is 1. The number of likely N-dealkylation sites (N-methyl/N-ethyl adjacent to an activating group) is 1. The predicted octanol–water partition coefficient (Wildman–Crippen LogP) is 5.00. The van der Waals surface area contributed by atoms with E-state index < -0.39 is 16.1 Å². The molecule has 0 heterocycles. The molecule has 0 aromatic heterocycles.